The van der Waals surface area contributed by atoms with Crippen molar-refractivity contribution in [3.63, 3.8) is 0 Å². The van der Waals surface area contributed by atoms with E-state index in [4.69, 9.17) is 33.8 Å². The lowest BCUT2D eigenvalue weighted by molar-refractivity contribution is 0.0525. The zero-order valence-electron chi connectivity index (χ0n) is 34.6. The van der Waals surface area contributed by atoms with E-state index in [0.29, 0.717) is 71.2 Å². The Labute approximate surface area is 355 Å². The molecule has 12 nitrogen and oxygen atoms in total. The number of hydrogen-bond acceptors (Lipinski definition) is 11. The van der Waals surface area contributed by atoms with Crippen LogP contribution in [0.2, 0.25) is 0 Å². The van der Waals surface area contributed by atoms with Gasteiger partial charge in [-0.25, -0.2) is 37.1 Å². The van der Waals surface area contributed by atoms with E-state index in [1.807, 2.05) is 0 Å². The average Bonchev–Trinajstić information content (AvgIpc) is 3.26. The van der Waals surface area contributed by atoms with Crippen molar-refractivity contribution >= 4 is 11.9 Å². The maximum Gasteiger partial charge on any atom is 0.338 e. The van der Waals surface area contributed by atoms with Crippen molar-refractivity contribution in [3.8, 4) is 56.5 Å². The van der Waals surface area contributed by atoms with E-state index in [9.17, 15) is 27.2 Å². The standard InChI is InChI=1S/C24H24F2N2O4.C22H20F2N2O4/c1-4-32-24(29)16-9-7-15(8-10-16)22-21(27-14-18(28-22)6-5-11-30-2)17-12-19(25)23(31-3)20(26)13-17;1-29-9-3-4-16-12-25-19(15-10-17(23)21(30-2)18(24)11-15)20(26-16)13-5-7-14(8-6-13)22(27)28/h7-10,12-14H,4-6,11H2,1-3H3;5-8,10-12H,3-4,9H2,1-2H3,(H,27,28). The first kappa shape index (κ1) is 46.3. The summed E-state index contributed by atoms with van der Waals surface area (Å²) in [5.74, 6) is -5.81. The first-order valence-corrected chi connectivity index (χ1v) is 19.3. The quantitative estimate of drug-likeness (QED) is 0.0529. The van der Waals surface area contributed by atoms with E-state index in [2.05, 4.69) is 15.0 Å². The van der Waals surface area contributed by atoms with Crippen molar-refractivity contribution in [3.05, 3.63) is 131 Å². The Morgan fingerprint density at radius 3 is 1.29 bits per heavy atom. The molecule has 0 radical (unpaired) electrons. The van der Waals surface area contributed by atoms with Crippen LogP contribution in [-0.2, 0) is 27.1 Å². The fourth-order valence-electron chi connectivity index (χ4n) is 6.24. The molecule has 6 rings (SSSR count). The summed E-state index contributed by atoms with van der Waals surface area (Å²) in [7, 11) is 5.62. The number of aromatic nitrogens is 4. The Bertz CT molecular complexity index is 2440. The third kappa shape index (κ3) is 11.5. The number of aromatic carboxylic acids is 1. The van der Waals surface area contributed by atoms with Gasteiger partial charge in [0.25, 0.3) is 0 Å². The van der Waals surface area contributed by atoms with Gasteiger partial charge in [0.2, 0.25) is 0 Å². The average molecular weight is 857 g/mol. The molecule has 16 heteroatoms. The van der Waals surface area contributed by atoms with Gasteiger partial charge in [-0.05, 0) is 81.1 Å². The molecule has 1 N–H and O–H groups in total. The number of aryl methyl sites for hydroxylation is 2. The maximum atomic E-state index is 14.4. The molecule has 4 aromatic carbocycles. The van der Waals surface area contributed by atoms with Gasteiger partial charge in [0.05, 0.1) is 66.1 Å². The SMILES string of the molecule is CCOC(=O)c1ccc(-c2nc(CCCOC)cnc2-c2cc(F)c(OC)c(F)c2)cc1.COCCCc1cnc(-c2cc(F)c(OC)c(F)c2)c(-c2ccc(C(=O)O)cc2)n1. The van der Waals surface area contributed by atoms with Gasteiger partial charge in [-0.1, -0.05) is 24.3 Å². The fraction of sp³-hybridized carbons (Fsp3) is 0.261. The molecule has 324 valence electrons. The number of methoxy groups -OCH3 is 4. The number of nitrogens with zero attached hydrogens (tertiary/aromatic N) is 4. The van der Waals surface area contributed by atoms with Crippen LogP contribution >= 0.6 is 0 Å². The molecule has 0 aliphatic heterocycles. The van der Waals surface area contributed by atoms with Crippen molar-refractivity contribution in [2.45, 2.75) is 32.6 Å². The second-order valence-electron chi connectivity index (χ2n) is 13.4. The number of ether oxygens (including phenoxy) is 5. The Kier molecular flexibility index (Phi) is 16.6. The third-order valence-electron chi connectivity index (χ3n) is 9.23. The molecule has 0 atom stereocenters. The number of carbonyl (C=O) groups is 2. The van der Waals surface area contributed by atoms with Gasteiger partial charge in [-0.3, -0.25) is 9.97 Å². The minimum absolute atomic E-state index is 0.117. The summed E-state index contributed by atoms with van der Waals surface area (Å²) in [5.41, 5.74) is 4.96. The first-order valence-electron chi connectivity index (χ1n) is 19.3. The van der Waals surface area contributed by atoms with Gasteiger partial charge in [0.1, 0.15) is 0 Å². The van der Waals surface area contributed by atoms with Crippen LogP contribution in [0.15, 0.2) is 85.2 Å². The first-order chi connectivity index (χ1) is 29.9. The molecule has 0 fully saturated rings. The monoisotopic (exact) mass is 856 g/mol. The fourth-order valence-corrected chi connectivity index (χ4v) is 6.24. The molecular weight excluding hydrogens is 813 g/mol. The van der Waals surface area contributed by atoms with Gasteiger partial charge in [0, 0.05) is 62.1 Å². The van der Waals surface area contributed by atoms with Gasteiger partial charge in [-0.15, -0.1) is 0 Å². The zero-order chi connectivity index (χ0) is 44.8. The lowest BCUT2D eigenvalue weighted by atomic mass is 10.0. The van der Waals surface area contributed by atoms with E-state index in [1.165, 1.54) is 26.4 Å². The van der Waals surface area contributed by atoms with Crippen LogP contribution in [0.3, 0.4) is 0 Å². The predicted molar refractivity (Wildman–Crippen MR) is 222 cm³/mol. The van der Waals surface area contributed by atoms with Crippen LogP contribution in [0.25, 0.3) is 45.0 Å². The molecule has 0 aliphatic carbocycles. The minimum atomic E-state index is -1.06. The smallest absolute Gasteiger partial charge is 0.338 e. The topological polar surface area (TPSA) is 152 Å². The number of rotatable bonds is 17. The summed E-state index contributed by atoms with van der Waals surface area (Å²) in [6, 6.07) is 17.3. The highest BCUT2D eigenvalue weighted by atomic mass is 19.1. The van der Waals surface area contributed by atoms with Gasteiger partial charge < -0.3 is 28.8 Å². The number of halogens is 4. The van der Waals surface area contributed by atoms with Crippen LogP contribution in [0.1, 0.15) is 51.9 Å². The minimum Gasteiger partial charge on any atom is -0.491 e. The summed E-state index contributed by atoms with van der Waals surface area (Å²) >= 11 is 0. The van der Waals surface area contributed by atoms with E-state index in [1.54, 1.807) is 69.9 Å². The van der Waals surface area contributed by atoms with Crippen LogP contribution in [0, 0.1) is 23.3 Å². The van der Waals surface area contributed by atoms with Gasteiger partial charge in [-0.2, -0.15) is 0 Å². The van der Waals surface area contributed by atoms with Gasteiger partial charge in [0.15, 0.2) is 34.8 Å². The number of carboxylic acids is 1. The normalized spacial score (nSPS) is 10.8. The van der Waals surface area contributed by atoms with Gasteiger partial charge >= 0.3 is 11.9 Å². The van der Waals surface area contributed by atoms with Crippen molar-refractivity contribution in [2.75, 3.05) is 48.3 Å². The third-order valence-corrected chi connectivity index (χ3v) is 9.23. The molecule has 0 saturated heterocycles. The van der Waals surface area contributed by atoms with Crippen LogP contribution in [0.4, 0.5) is 17.6 Å². The summed E-state index contributed by atoms with van der Waals surface area (Å²) < 4.78 is 81.9. The molecule has 0 amide bonds. The summed E-state index contributed by atoms with van der Waals surface area (Å²) in [4.78, 5) is 41.3. The van der Waals surface area contributed by atoms with E-state index < -0.39 is 46.7 Å². The molecule has 2 aromatic heterocycles. The van der Waals surface area contributed by atoms with Crippen LogP contribution < -0.4 is 9.47 Å². The molecular formula is C46H44F4N4O8. The Balaban J connectivity index is 0.000000235. The molecule has 0 bridgehead atoms. The highest BCUT2D eigenvalue weighted by molar-refractivity contribution is 5.91. The molecule has 0 saturated carbocycles. The lowest BCUT2D eigenvalue weighted by Crippen LogP contribution is -2.05. The number of benzene rings is 4. The molecule has 0 aliphatic rings. The van der Waals surface area contributed by atoms with Crippen molar-refractivity contribution < 1.29 is 55.9 Å². The number of hydrogen-bond donors (Lipinski definition) is 1. The molecule has 6 aromatic rings. The number of esters is 1. The molecule has 0 unspecified atom stereocenters. The zero-order valence-corrected chi connectivity index (χ0v) is 34.6. The Morgan fingerprint density at radius 2 is 0.952 bits per heavy atom. The van der Waals surface area contributed by atoms with Crippen molar-refractivity contribution in [1.29, 1.82) is 0 Å². The van der Waals surface area contributed by atoms with E-state index in [0.717, 1.165) is 37.1 Å². The number of carbonyl (C=O) groups excluding carboxylic acids is 1. The molecule has 0 spiro atoms. The van der Waals surface area contributed by atoms with E-state index in [-0.39, 0.29) is 29.0 Å². The predicted octanol–water partition coefficient (Wildman–Crippen LogP) is 9.23. The largest absolute Gasteiger partial charge is 0.491 e. The molecule has 2 heterocycles. The van der Waals surface area contributed by atoms with Crippen molar-refractivity contribution in [1.82, 2.24) is 19.9 Å². The highest BCUT2D eigenvalue weighted by Crippen LogP contribution is 2.35. The number of carboxylic acid groups (broad SMARTS) is 1. The van der Waals surface area contributed by atoms with E-state index >= 15 is 0 Å². The summed E-state index contributed by atoms with van der Waals surface area (Å²) in [6.45, 7) is 3.13. The second-order valence-corrected chi connectivity index (χ2v) is 13.4. The second kappa shape index (κ2) is 22.2. The van der Waals surface area contributed by atoms with Crippen molar-refractivity contribution in [2.24, 2.45) is 0 Å². The molecule has 62 heavy (non-hydrogen) atoms. The summed E-state index contributed by atoms with van der Waals surface area (Å²) in [6.07, 6.45) is 5.85. The lowest BCUT2D eigenvalue weighted by Gasteiger charge is -2.13. The van der Waals surface area contributed by atoms with Crippen LogP contribution in [-0.4, -0.2) is 85.2 Å². The Hall–Kier alpha value is -6.78. The summed E-state index contributed by atoms with van der Waals surface area (Å²) in [5, 5.41) is 9.12. The Morgan fingerprint density at radius 1 is 0.565 bits per heavy atom. The highest BCUT2D eigenvalue weighted by Gasteiger charge is 2.20. The maximum absolute atomic E-state index is 14.4. The van der Waals surface area contributed by atoms with Crippen LogP contribution in [0.5, 0.6) is 11.5 Å².